The maximum atomic E-state index is 11.5. The summed E-state index contributed by atoms with van der Waals surface area (Å²) in [5.41, 5.74) is 3.23. The molecular formula is C15H15NO2. The van der Waals surface area contributed by atoms with Crippen LogP contribution in [-0.2, 0) is 0 Å². The summed E-state index contributed by atoms with van der Waals surface area (Å²) in [5.74, 6) is 0.257. The lowest BCUT2D eigenvalue weighted by atomic mass is 10.1. The maximum Gasteiger partial charge on any atom is 0.161 e. The number of benzene rings is 2. The van der Waals surface area contributed by atoms with Crippen LogP contribution < -0.4 is 5.32 Å². The predicted molar refractivity (Wildman–Crippen MR) is 72.6 cm³/mol. The lowest BCUT2D eigenvalue weighted by Gasteiger charge is -2.12. The fraction of sp³-hybridized carbons (Fsp3) is 0.133. The Labute approximate surface area is 106 Å². The van der Waals surface area contributed by atoms with E-state index in [0.29, 0.717) is 5.56 Å². The second-order valence-corrected chi connectivity index (χ2v) is 4.23. The van der Waals surface area contributed by atoms with Crippen LogP contribution in [0.1, 0.15) is 22.8 Å². The quantitative estimate of drug-likeness (QED) is 0.637. The van der Waals surface area contributed by atoms with Crippen LogP contribution >= 0.6 is 0 Å². The summed E-state index contributed by atoms with van der Waals surface area (Å²) in [4.78, 5) is 11.5. The third-order valence-electron chi connectivity index (χ3n) is 2.79. The molecule has 0 heterocycles. The molecule has 0 spiro atoms. The van der Waals surface area contributed by atoms with Gasteiger partial charge in [-0.2, -0.15) is 0 Å². The van der Waals surface area contributed by atoms with Crippen molar-refractivity contribution in [2.45, 2.75) is 13.8 Å². The zero-order chi connectivity index (χ0) is 13.1. The molecule has 0 bridgehead atoms. The van der Waals surface area contributed by atoms with E-state index < -0.39 is 0 Å². The Hall–Kier alpha value is -2.29. The normalized spacial score (nSPS) is 10.1. The van der Waals surface area contributed by atoms with E-state index in [2.05, 4.69) is 5.32 Å². The fourth-order valence-corrected chi connectivity index (χ4v) is 1.83. The van der Waals surface area contributed by atoms with Crippen LogP contribution in [0.4, 0.5) is 11.4 Å². The average molecular weight is 241 g/mol. The molecule has 0 unspecified atom stereocenters. The summed E-state index contributed by atoms with van der Waals surface area (Å²) < 4.78 is 0. The molecular weight excluding hydrogens is 226 g/mol. The number of aryl methyl sites for hydroxylation is 1. The first-order valence-electron chi connectivity index (χ1n) is 5.74. The molecule has 0 aromatic heterocycles. The molecule has 0 saturated carbocycles. The van der Waals surface area contributed by atoms with Crippen molar-refractivity contribution in [3.05, 3.63) is 53.6 Å². The first-order chi connectivity index (χ1) is 8.58. The second kappa shape index (κ2) is 4.92. The number of nitrogens with one attached hydrogen (secondary N) is 1. The highest BCUT2D eigenvalue weighted by atomic mass is 16.3. The van der Waals surface area contributed by atoms with Gasteiger partial charge in [0, 0.05) is 16.9 Å². The zero-order valence-corrected chi connectivity index (χ0v) is 10.4. The smallest absolute Gasteiger partial charge is 0.161 e. The third-order valence-corrected chi connectivity index (χ3v) is 2.79. The Morgan fingerprint density at radius 2 is 1.83 bits per heavy atom. The molecule has 2 aromatic rings. The fourth-order valence-electron chi connectivity index (χ4n) is 1.83. The number of carbonyl (C=O) groups is 1. The van der Waals surface area contributed by atoms with Gasteiger partial charge < -0.3 is 10.4 Å². The van der Waals surface area contributed by atoms with Crippen LogP contribution in [0.2, 0.25) is 0 Å². The summed E-state index contributed by atoms with van der Waals surface area (Å²) in [7, 11) is 0. The monoisotopic (exact) mass is 241 g/mol. The molecule has 3 nitrogen and oxygen atoms in total. The number of Topliss-reactive ketones (excluding diaryl/α,β-unsaturated/α-hetero) is 1. The van der Waals surface area contributed by atoms with Gasteiger partial charge in [-0.15, -0.1) is 0 Å². The minimum absolute atomic E-state index is 0.0227. The van der Waals surface area contributed by atoms with E-state index in [1.807, 2.05) is 25.1 Å². The van der Waals surface area contributed by atoms with Gasteiger partial charge >= 0.3 is 0 Å². The summed E-state index contributed by atoms with van der Waals surface area (Å²) in [6.45, 7) is 3.45. The minimum Gasteiger partial charge on any atom is -0.508 e. The number of ketones is 1. The molecule has 18 heavy (non-hydrogen) atoms. The Kier molecular flexibility index (Phi) is 3.33. The highest BCUT2D eigenvalue weighted by molar-refractivity contribution is 6.00. The van der Waals surface area contributed by atoms with Crippen molar-refractivity contribution < 1.29 is 9.90 Å². The Bertz CT molecular complexity index is 591. The predicted octanol–water partition coefficient (Wildman–Crippen LogP) is 3.65. The van der Waals surface area contributed by atoms with Crippen LogP contribution in [0.15, 0.2) is 42.5 Å². The molecule has 0 atom stereocenters. The van der Waals surface area contributed by atoms with Crippen LogP contribution in [0.25, 0.3) is 0 Å². The van der Waals surface area contributed by atoms with Crippen LogP contribution in [0.3, 0.4) is 0 Å². The maximum absolute atomic E-state index is 11.5. The second-order valence-electron chi connectivity index (χ2n) is 4.23. The van der Waals surface area contributed by atoms with Crippen molar-refractivity contribution in [1.29, 1.82) is 0 Å². The minimum atomic E-state index is 0.0227. The number of hydrogen-bond donors (Lipinski definition) is 2. The van der Waals surface area contributed by atoms with Gasteiger partial charge in [-0.25, -0.2) is 0 Å². The van der Waals surface area contributed by atoms with Crippen molar-refractivity contribution in [3.63, 3.8) is 0 Å². The molecule has 0 aliphatic rings. The van der Waals surface area contributed by atoms with Gasteiger partial charge in [-0.1, -0.05) is 12.1 Å². The lowest BCUT2D eigenvalue weighted by molar-refractivity contribution is 0.101. The number of hydrogen-bond acceptors (Lipinski definition) is 3. The number of phenols is 1. The molecule has 3 heteroatoms. The van der Waals surface area contributed by atoms with E-state index >= 15 is 0 Å². The molecule has 92 valence electrons. The highest BCUT2D eigenvalue weighted by Crippen LogP contribution is 2.26. The first kappa shape index (κ1) is 12.2. The van der Waals surface area contributed by atoms with E-state index in [0.717, 1.165) is 16.9 Å². The van der Waals surface area contributed by atoms with E-state index in [-0.39, 0.29) is 11.5 Å². The van der Waals surface area contributed by atoms with Crippen LogP contribution in [0, 0.1) is 6.92 Å². The van der Waals surface area contributed by atoms with Gasteiger partial charge in [0.15, 0.2) is 5.78 Å². The summed E-state index contributed by atoms with van der Waals surface area (Å²) in [6.07, 6.45) is 0. The molecule has 2 rings (SSSR count). The molecule has 0 amide bonds. The van der Waals surface area contributed by atoms with E-state index in [1.54, 1.807) is 31.2 Å². The van der Waals surface area contributed by atoms with Gasteiger partial charge in [0.05, 0.1) is 0 Å². The van der Waals surface area contributed by atoms with Gasteiger partial charge in [-0.05, 0) is 49.7 Å². The lowest BCUT2D eigenvalue weighted by Crippen LogP contribution is -2.00. The molecule has 2 aromatic carbocycles. The molecule has 2 N–H and O–H groups in total. The topological polar surface area (TPSA) is 49.3 Å². The molecule has 0 radical (unpaired) electrons. The van der Waals surface area contributed by atoms with Gasteiger partial charge in [-0.3, -0.25) is 4.79 Å². The van der Waals surface area contributed by atoms with Crippen LogP contribution in [0.5, 0.6) is 5.75 Å². The van der Waals surface area contributed by atoms with Crippen molar-refractivity contribution in [2.24, 2.45) is 0 Å². The van der Waals surface area contributed by atoms with Crippen molar-refractivity contribution >= 4 is 17.2 Å². The Balaban J connectivity index is 2.37. The Morgan fingerprint density at radius 3 is 2.50 bits per heavy atom. The summed E-state index contributed by atoms with van der Waals surface area (Å²) in [5, 5.41) is 12.6. The van der Waals surface area contributed by atoms with Gasteiger partial charge in [0.1, 0.15) is 5.75 Å². The zero-order valence-electron chi connectivity index (χ0n) is 10.4. The largest absolute Gasteiger partial charge is 0.508 e. The van der Waals surface area contributed by atoms with Crippen molar-refractivity contribution in [1.82, 2.24) is 0 Å². The molecule has 0 aliphatic heterocycles. The van der Waals surface area contributed by atoms with Crippen molar-refractivity contribution in [3.8, 4) is 5.75 Å². The molecule has 0 fully saturated rings. The SMILES string of the molecule is CC(=O)c1ccccc1Nc1ccc(O)cc1C. The van der Waals surface area contributed by atoms with Gasteiger partial charge in [0.25, 0.3) is 0 Å². The third kappa shape index (κ3) is 2.51. The number of para-hydroxylation sites is 1. The van der Waals surface area contributed by atoms with E-state index in [9.17, 15) is 9.90 Å². The Morgan fingerprint density at radius 1 is 1.11 bits per heavy atom. The number of phenolic OH excluding ortho intramolecular Hbond substituents is 1. The highest BCUT2D eigenvalue weighted by Gasteiger charge is 2.07. The molecule has 0 aliphatic carbocycles. The standard InChI is InChI=1S/C15H15NO2/c1-10-9-12(18)7-8-14(10)16-15-6-4-3-5-13(15)11(2)17/h3-9,16,18H,1-2H3. The van der Waals surface area contributed by atoms with Gasteiger partial charge in [0.2, 0.25) is 0 Å². The number of carbonyl (C=O) groups excluding carboxylic acids is 1. The van der Waals surface area contributed by atoms with E-state index in [1.165, 1.54) is 0 Å². The average Bonchev–Trinajstić information content (AvgIpc) is 2.33. The number of aromatic hydroxyl groups is 1. The van der Waals surface area contributed by atoms with Crippen LogP contribution in [-0.4, -0.2) is 10.9 Å². The van der Waals surface area contributed by atoms with Crippen molar-refractivity contribution in [2.75, 3.05) is 5.32 Å². The first-order valence-corrected chi connectivity index (χ1v) is 5.74. The number of rotatable bonds is 3. The summed E-state index contributed by atoms with van der Waals surface area (Å²) in [6, 6.07) is 12.5. The molecule has 0 saturated heterocycles. The summed E-state index contributed by atoms with van der Waals surface area (Å²) >= 11 is 0. The number of anilines is 2. The van der Waals surface area contributed by atoms with E-state index in [4.69, 9.17) is 0 Å².